The number of anilines is 1. The van der Waals surface area contributed by atoms with Crippen LogP contribution in [0.3, 0.4) is 0 Å². The number of hydrogen-bond donors (Lipinski definition) is 2. The lowest BCUT2D eigenvalue weighted by atomic mass is 9.72. The number of nitrogens with zero attached hydrogens (tertiary/aromatic N) is 2. The van der Waals surface area contributed by atoms with Crippen LogP contribution in [0, 0.1) is 11.3 Å². The van der Waals surface area contributed by atoms with E-state index in [1.807, 2.05) is 37.3 Å². The van der Waals surface area contributed by atoms with Crippen molar-refractivity contribution in [1.29, 1.82) is 0 Å². The molecule has 4 rings (SSSR count). The normalized spacial score (nSPS) is 16.3. The molecular weight excluding hydrogens is 392 g/mol. The highest BCUT2D eigenvalue weighted by molar-refractivity contribution is 7.18. The average Bonchev–Trinajstić information content (AvgIpc) is 3.06. The van der Waals surface area contributed by atoms with Crippen LogP contribution < -0.4 is 16.4 Å². The molecule has 6 heteroatoms. The number of nitrogens with one attached hydrogen (secondary N) is 2. The third-order valence-electron chi connectivity index (χ3n) is 5.96. The van der Waals surface area contributed by atoms with Crippen molar-refractivity contribution in [1.82, 2.24) is 15.0 Å². The van der Waals surface area contributed by atoms with Gasteiger partial charge in [-0.1, -0.05) is 57.7 Å². The molecule has 30 heavy (non-hydrogen) atoms. The summed E-state index contributed by atoms with van der Waals surface area (Å²) in [6, 6.07) is 10.0. The van der Waals surface area contributed by atoms with E-state index in [1.54, 1.807) is 15.9 Å². The first kappa shape index (κ1) is 20.7. The second kappa shape index (κ2) is 7.91. The van der Waals surface area contributed by atoms with E-state index >= 15 is 0 Å². The van der Waals surface area contributed by atoms with Crippen LogP contribution in [0.1, 0.15) is 50.1 Å². The van der Waals surface area contributed by atoms with Crippen molar-refractivity contribution in [3.63, 3.8) is 0 Å². The van der Waals surface area contributed by atoms with Crippen LogP contribution >= 0.6 is 11.3 Å². The fourth-order valence-electron chi connectivity index (χ4n) is 4.17. The molecule has 0 bridgehead atoms. The molecular formula is C24H30N4OS. The molecule has 0 spiro atoms. The number of allylic oxidation sites excluding steroid dienone is 1. The molecule has 158 valence electrons. The summed E-state index contributed by atoms with van der Waals surface area (Å²) < 4.78 is 1.73. The van der Waals surface area contributed by atoms with Crippen LogP contribution in [0.5, 0.6) is 0 Å². The van der Waals surface area contributed by atoms with Crippen molar-refractivity contribution in [2.45, 2.75) is 53.5 Å². The molecule has 2 aromatic heterocycles. The largest absolute Gasteiger partial charge is 0.303 e. The van der Waals surface area contributed by atoms with Gasteiger partial charge in [0.05, 0.1) is 11.9 Å². The predicted octanol–water partition coefficient (Wildman–Crippen LogP) is 5.11. The molecule has 2 heterocycles. The van der Waals surface area contributed by atoms with Crippen LogP contribution in [-0.4, -0.2) is 9.55 Å². The number of aromatic nitrogens is 2. The molecule has 0 unspecified atom stereocenters. The molecule has 3 aromatic rings. The second-order valence-electron chi connectivity index (χ2n) is 9.33. The van der Waals surface area contributed by atoms with Crippen molar-refractivity contribution < 1.29 is 0 Å². The second-order valence-corrected chi connectivity index (χ2v) is 10.4. The smallest absolute Gasteiger partial charge is 0.264 e. The third-order valence-corrected chi connectivity index (χ3v) is 7.11. The maximum atomic E-state index is 13.6. The van der Waals surface area contributed by atoms with Crippen molar-refractivity contribution in [3.8, 4) is 0 Å². The van der Waals surface area contributed by atoms with Crippen LogP contribution in [0.25, 0.3) is 10.2 Å². The summed E-state index contributed by atoms with van der Waals surface area (Å²) in [7, 11) is 0. The highest BCUT2D eigenvalue weighted by atomic mass is 32.1. The topological polar surface area (TPSA) is 59.0 Å². The molecule has 0 saturated carbocycles. The molecule has 5 nitrogen and oxygen atoms in total. The molecule has 1 aliphatic carbocycles. The number of fused-ring (bicyclic) bond motifs is 3. The van der Waals surface area contributed by atoms with E-state index in [1.165, 1.54) is 10.4 Å². The van der Waals surface area contributed by atoms with Gasteiger partial charge in [-0.15, -0.1) is 11.3 Å². The number of hydrogen-bond acceptors (Lipinski definition) is 5. The first-order valence-corrected chi connectivity index (χ1v) is 11.3. The Morgan fingerprint density at radius 3 is 2.70 bits per heavy atom. The quantitative estimate of drug-likeness (QED) is 0.561. The zero-order valence-corrected chi connectivity index (χ0v) is 19.0. The first-order chi connectivity index (χ1) is 14.2. The van der Waals surface area contributed by atoms with E-state index < -0.39 is 0 Å². The molecule has 0 saturated heterocycles. The Morgan fingerprint density at radius 2 is 2.03 bits per heavy atom. The third kappa shape index (κ3) is 4.01. The summed E-state index contributed by atoms with van der Waals surface area (Å²) in [5.74, 6) is 1.15. The predicted molar refractivity (Wildman–Crippen MR) is 126 cm³/mol. The van der Waals surface area contributed by atoms with Gasteiger partial charge in [-0.05, 0) is 48.6 Å². The van der Waals surface area contributed by atoms with E-state index in [2.05, 4.69) is 38.2 Å². The van der Waals surface area contributed by atoms with Crippen molar-refractivity contribution in [3.05, 3.63) is 69.0 Å². The molecule has 0 amide bonds. The zero-order chi connectivity index (χ0) is 21.5. The summed E-state index contributed by atoms with van der Waals surface area (Å²) in [4.78, 5) is 20.7. The lowest BCUT2D eigenvalue weighted by molar-refractivity contribution is 0.218. The van der Waals surface area contributed by atoms with Crippen LogP contribution in [0.4, 0.5) is 5.95 Å². The molecule has 1 atom stereocenters. The van der Waals surface area contributed by atoms with Gasteiger partial charge in [0.15, 0.2) is 0 Å². The van der Waals surface area contributed by atoms with E-state index in [-0.39, 0.29) is 11.0 Å². The number of thiophene rings is 1. The lowest BCUT2D eigenvalue weighted by Gasteiger charge is -2.33. The van der Waals surface area contributed by atoms with Gasteiger partial charge >= 0.3 is 0 Å². The Labute approximate surface area is 181 Å². The monoisotopic (exact) mass is 422 g/mol. The van der Waals surface area contributed by atoms with Gasteiger partial charge in [-0.2, -0.15) is 0 Å². The Balaban J connectivity index is 1.82. The lowest BCUT2D eigenvalue weighted by Crippen LogP contribution is -2.30. The highest BCUT2D eigenvalue weighted by Gasteiger charge is 2.32. The van der Waals surface area contributed by atoms with Gasteiger partial charge in [0.1, 0.15) is 4.83 Å². The van der Waals surface area contributed by atoms with Crippen LogP contribution in [-0.2, 0) is 19.4 Å². The van der Waals surface area contributed by atoms with E-state index in [4.69, 9.17) is 4.98 Å². The first-order valence-electron chi connectivity index (χ1n) is 10.5. The minimum Gasteiger partial charge on any atom is -0.303 e. The molecule has 1 aliphatic rings. The van der Waals surface area contributed by atoms with Gasteiger partial charge in [-0.25, -0.2) is 4.98 Å². The maximum absolute atomic E-state index is 13.6. The Bertz CT molecular complexity index is 1140. The average molecular weight is 423 g/mol. The van der Waals surface area contributed by atoms with E-state index in [9.17, 15) is 4.79 Å². The molecule has 0 aliphatic heterocycles. The Morgan fingerprint density at radius 1 is 1.30 bits per heavy atom. The number of hydrazine groups is 1. The van der Waals surface area contributed by atoms with E-state index in [0.717, 1.165) is 40.7 Å². The van der Waals surface area contributed by atoms with Crippen molar-refractivity contribution in [2.75, 3.05) is 5.43 Å². The van der Waals surface area contributed by atoms with Crippen LogP contribution in [0.15, 0.2) is 47.4 Å². The SMILES string of the molecule is C=C(C)NNc1nc2sc3c(c2c(=O)n1Cc1ccccc1)CC[C@@H](C(C)(C)C)C3. The Hall–Kier alpha value is -2.60. The van der Waals surface area contributed by atoms with Gasteiger partial charge in [0, 0.05) is 10.6 Å². The van der Waals surface area contributed by atoms with Gasteiger partial charge in [0.25, 0.3) is 5.56 Å². The van der Waals surface area contributed by atoms with Gasteiger partial charge in [-0.3, -0.25) is 14.8 Å². The zero-order valence-electron chi connectivity index (χ0n) is 18.2. The molecule has 2 N–H and O–H groups in total. The molecule has 0 fully saturated rings. The minimum absolute atomic E-state index is 0.0292. The van der Waals surface area contributed by atoms with Crippen molar-refractivity contribution >= 4 is 27.5 Å². The summed E-state index contributed by atoms with van der Waals surface area (Å²) in [6.45, 7) is 13.1. The van der Waals surface area contributed by atoms with Gasteiger partial charge in [0.2, 0.25) is 5.95 Å². The number of rotatable bonds is 5. The summed E-state index contributed by atoms with van der Waals surface area (Å²) in [5, 5.41) is 0.805. The summed E-state index contributed by atoms with van der Waals surface area (Å²) in [6.07, 6.45) is 3.11. The van der Waals surface area contributed by atoms with Crippen molar-refractivity contribution in [2.24, 2.45) is 11.3 Å². The fraction of sp³-hybridized carbons (Fsp3) is 0.417. The highest BCUT2D eigenvalue weighted by Crippen LogP contribution is 2.42. The van der Waals surface area contributed by atoms with Gasteiger partial charge < -0.3 is 5.43 Å². The summed E-state index contributed by atoms with van der Waals surface area (Å²) in [5.41, 5.74) is 9.44. The minimum atomic E-state index is 0.0292. The number of aryl methyl sites for hydroxylation is 1. The summed E-state index contributed by atoms with van der Waals surface area (Å²) >= 11 is 1.68. The molecule has 0 radical (unpaired) electrons. The Kier molecular flexibility index (Phi) is 5.45. The number of benzene rings is 1. The van der Waals surface area contributed by atoms with Crippen LogP contribution in [0.2, 0.25) is 0 Å². The van der Waals surface area contributed by atoms with E-state index in [0.29, 0.717) is 18.4 Å². The maximum Gasteiger partial charge on any atom is 0.264 e. The standard InChI is InChI=1S/C24H30N4OS/c1-15(2)26-27-23-25-21-20(22(29)28(23)14-16-9-7-6-8-10-16)18-12-11-17(24(3,4)5)13-19(18)30-21/h6-10,17,26H,1,11-14H2,2-5H3,(H,25,27)/t17-/m1/s1. The molecule has 1 aromatic carbocycles. The fourth-order valence-corrected chi connectivity index (χ4v) is 5.46.